The summed E-state index contributed by atoms with van der Waals surface area (Å²) in [5, 5.41) is 0. The zero-order valence-corrected chi connectivity index (χ0v) is 16.5. The van der Waals surface area contributed by atoms with Crippen LogP contribution in [-0.2, 0) is 16.4 Å². The minimum absolute atomic E-state index is 0.0767. The first-order valence-corrected chi connectivity index (χ1v) is 10.1. The summed E-state index contributed by atoms with van der Waals surface area (Å²) < 4.78 is 27.8. The van der Waals surface area contributed by atoms with Gasteiger partial charge in [0, 0.05) is 18.2 Å². The normalized spacial score (nSPS) is 13.0. The molecule has 0 saturated heterocycles. The fourth-order valence-corrected chi connectivity index (χ4v) is 3.75. The number of likely N-dealkylation sites (N-methyl/N-ethyl adjacent to an activating group) is 1. The molecule has 0 amide bonds. The van der Waals surface area contributed by atoms with Crippen LogP contribution >= 0.6 is 0 Å². The van der Waals surface area contributed by atoms with Gasteiger partial charge in [0.2, 0.25) is 10.0 Å². The van der Waals surface area contributed by atoms with E-state index in [0.29, 0.717) is 5.56 Å². The van der Waals surface area contributed by atoms with Crippen LogP contribution in [0.15, 0.2) is 53.4 Å². The molecule has 2 aromatic rings. The highest BCUT2D eigenvalue weighted by Gasteiger charge is 2.20. The van der Waals surface area contributed by atoms with E-state index in [4.69, 9.17) is 0 Å². The van der Waals surface area contributed by atoms with Gasteiger partial charge in [0.25, 0.3) is 0 Å². The lowest BCUT2D eigenvalue weighted by Crippen LogP contribution is -2.34. The molecule has 0 aliphatic rings. The lowest BCUT2D eigenvalue weighted by molar-refractivity contribution is 0.101. The molecule has 0 aliphatic carbocycles. The summed E-state index contributed by atoms with van der Waals surface area (Å²) in [4.78, 5) is 13.5. The number of rotatable bonds is 8. The van der Waals surface area contributed by atoms with E-state index in [1.807, 2.05) is 31.1 Å². The molecule has 0 radical (unpaired) electrons. The van der Waals surface area contributed by atoms with Crippen LogP contribution in [0, 0.1) is 0 Å². The molecule has 0 spiro atoms. The first-order chi connectivity index (χ1) is 12.2. The van der Waals surface area contributed by atoms with Crippen molar-refractivity contribution in [3.8, 4) is 0 Å². The van der Waals surface area contributed by atoms with Crippen molar-refractivity contribution in [2.45, 2.75) is 31.2 Å². The van der Waals surface area contributed by atoms with Gasteiger partial charge in [-0.2, -0.15) is 0 Å². The van der Waals surface area contributed by atoms with Crippen molar-refractivity contribution < 1.29 is 13.2 Å². The smallest absolute Gasteiger partial charge is 0.240 e. The number of hydrogen-bond donors (Lipinski definition) is 1. The van der Waals surface area contributed by atoms with E-state index in [9.17, 15) is 13.2 Å². The van der Waals surface area contributed by atoms with Crippen molar-refractivity contribution in [1.82, 2.24) is 9.62 Å². The number of Topliss-reactive ketones (excluding diaryl/α,β-unsaturated/α-hetero) is 1. The Bertz CT molecular complexity index is 842. The highest BCUT2D eigenvalue weighted by molar-refractivity contribution is 7.89. The number of ketones is 1. The Morgan fingerprint density at radius 2 is 1.62 bits per heavy atom. The lowest BCUT2D eigenvalue weighted by Gasteiger charge is -2.25. The molecule has 0 fully saturated rings. The summed E-state index contributed by atoms with van der Waals surface area (Å²) >= 11 is 0. The number of nitrogens with one attached hydrogen (secondary N) is 1. The van der Waals surface area contributed by atoms with Crippen molar-refractivity contribution in [1.29, 1.82) is 0 Å². The second-order valence-corrected chi connectivity index (χ2v) is 8.27. The molecule has 0 heterocycles. The number of aryl methyl sites for hydroxylation is 1. The summed E-state index contributed by atoms with van der Waals surface area (Å²) in [6.45, 7) is 3.81. The molecule has 1 N–H and O–H groups in total. The van der Waals surface area contributed by atoms with E-state index in [2.05, 4.69) is 23.8 Å². The molecule has 0 aliphatic heterocycles. The topological polar surface area (TPSA) is 66.5 Å². The average Bonchev–Trinajstić information content (AvgIpc) is 2.62. The monoisotopic (exact) mass is 374 g/mol. The van der Waals surface area contributed by atoms with Crippen LogP contribution in [0.1, 0.15) is 41.4 Å². The van der Waals surface area contributed by atoms with Crippen molar-refractivity contribution in [3.63, 3.8) is 0 Å². The third-order valence-electron chi connectivity index (χ3n) is 4.43. The SMILES string of the molecule is CCc1ccc(C(CNS(=O)(=O)c2ccc(C(C)=O)cc2)N(C)C)cc1. The number of carbonyl (C=O) groups is 1. The fourth-order valence-electron chi connectivity index (χ4n) is 2.71. The second-order valence-electron chi connectivity index (χ2n) is 6.51. The van der Waals surface area contributed by atoms with Crippen molar-refractivity contribution in [2.75, 3.05) is 20.6 Å². The summed E-state index contributed by atoms with van der Waals surface area (Å²) in [5.74, 6) is -0.0925. The highest BCUT2D eigenvalue weighted by Crippen LogP contribution is 2.19. The first kappa shape index (κ1) is 20.3. The van der Waals surface area contributed by atoms with Crippen molar-refractivity contribution in [3.05, 3.63) is 65.2 Å². The van der Waals surface area contributed by atoms with Gasteiger partial charge in [-0.3, -0.25) is 4.79 Å². The highest BCUT2D eigenvalue weighted by atomic mass is 32.2. The number of benzene rings is 2. The Balaban J connectivity index is 2.15. The Morgan fingerprint density at radius 3 is 2.08 bits per heavy atom. The molecule has 0 saturated carbocycles. The van der Waals surface area contributed by atoms with Crippen LogP contribution in [0.5, 0.6) is 0 Å². The number of hydrogen-bond acceptors (Lipinski definition) is 4. The number of sulfonamides is 1. The fraction of sp³-hybridized carbons (Fsp3) is 0.350. The van der Waals surface area contributed by atoms with E-state index < -0.39 is 10.0 Å². The van der Waals surface area contributed by atoms with Gasteiger partial charge >= 0.3 is 0 Å². The Kier molecular flexibility index (Phi) is 6.69. The van der Waals surface area contributed by atoms with Crippen LogP contribution in [0.3, 0.4) is 0 Å². The molecule has 1 unspecified atom stereocenters. The molecular weight excluding hydrogens is 348 g/mol. The molecule has 0 bridgehead atoms. The average molecular weight is 375 g/mol. The summed E-state index contributed by atoms with van der Waals surface area (Å²) in [6, 6.07) is 14.1. The second kappa shape index (κ2) is 8.58. The molecule has 140 valence electrons. The zero-order valence-electron chi connectivity index (χ0n) is 15.7. The molecular formula is C20H26N2O3S. The standard InChI is InChI=1S/C20H26N2O3S/c1-5-16-6-8-18(9-7-16)20(22(3)4)14-21-26(24,25)19-12-10-17(11-13-19)15(2)23/h6-13,20-21H,5,14H2,1-4H3. The molecule has 5 nitrogen and oxygen atoms in total. The van der Waals surface area contributed by atoms with E-state index >= 15 is 0 Å². The predicted molar refractivity (Wildman–Crippen MR) is 104 cm³/mol. The summed E-state index contributed by atoms with van der Waals surface area (Å²) in [6.07, 6.45) is 0.968. The Labute approximate surface area is 156 Å². The third-order valence-corrected chi connectivity index (χ3v) is 5.87. The van der Waals surface area contributed by atoms with E-state index in [1.54, 1.807) is 0 Å². The molecule has 0 aromatic heterocycles. The van der Waals surface area contributed by atoms with Gasteiger partial charge in [0.1, 0.15) is 0 Å². The van der Waals surface area contributed by atoms with Crippen LogP contribution < -0.4 is 4.72 Å². The van der Waals surface area contributed by atoms with Crippen LogP contribution in [-0.4, -0.2) is 39.7 Å². The van der Waals surface area contributed by atoms with Gasteiger partial charge in [-0.05, 0) is 50.7 Å². The lowest BCUT2D eigenvalue weighted by atomic mass is 10.0. The summed E-state index contributed by atoms with van der Waals surface area (Å²) in [7, 11) is 0.210. The van der Waals surface area contributed by atoms with Crippen molar-refractivity contribution >= 4 is 15.8 Å². The Morgan fingerprint density at radius 1 is 1.04 bits per heavy atom. The molecule has 1 atom stereocenters. The number of carbonyl (C=O) groups excluding carboxylic acids is 1. The summed E-state index contributed by atoms with van der Waals surface area (Å²) in [5.41, 5.74) is 2.80. The maximum Gasteiger partial charge on any atom is 0.240 e. The Hall–Kier alpha value is -2.02. The third kappa shape index (κ3) is 5.00. The quantitative estimate of drug-likeness (QED) is 0.721. The minimum Gasteiger partial charge on any atom is -0.301 e. The molecule has 2 aromatic carbocycles. The van der Waals surface area contributed by atoms with Gasteiger partial charge in [0.15, 0.2) is 5.78 Å². The van der Waals surface area contributed by atoms with E-state index in [-0.39, 0.29) is 23.3 Å². The maximum absolute atomic E-state index is 12.6. The minimum atomic E-state index is -3.64. The van der Waals surface area contributed by atoms with Gasteiger partial charge in [-0.15, -0.1) is 0 Å². The van der Waals surface area contributed by atoms with Gasteiger partial charge in [-0.1, -0.05) is 43.3 Å². The van der Waals surface area contributed by atoms with Crippen molar-refractivity contribution in [2.24, 2.45) is 0 Å². The van der Waals surface area contributed by atoms with Gasteiger partial charge in [-0.25, -0.2) is 13.1 Å². The molecule has 6 heteroatoms. The first-order valence-electron chi connectivity index (χ1n) is 8.60. The zero-order chi connectivity index (χ0) is 19.3. The van der Waals surface area contributed by atoms with Gasteiger partial charge < -0.3 is 4.90 Å². The molecule has 26 heavy (non-hydrogen) atoms. The van der Waals surface area contributed by atoms with Crippen LogP contribution in [0.4, 0.5) is 0 Å². The molecule has 2 rings (SSSR count). The van der Waals surface area contributed by atoms with E-state index in [1.165, 1.54) is 36.8 Å². The maximum atomic E-state index is 12.6. The predicted octanol–water partition coefficient (Wildman–Crippen LogP) is 3.03. The van der Waals surface area contributed by atoms with Crippen LogP contribution in [0.25, 0.3) is 0 Å². The largest absolute Gasteiger partial charge is 0.301 e. The van der Waals surface area contributed by atoms with Gasteiger partial charge in [0.05, 0.1) is 4.90 Å². The number of nitrogens with zero attached hydrogens (tertiary/aromatic N) is 1. The van der Waals surface area contributed by atoms with Crippen LogP contribution in [0.2, 0.25) is 0 Å². The van der Waals surface area contributed by atoms with E-state index in [0.717, 1.165) is 12.0 Å².